The molecule has 108 valence electrons. The number of carbonyl (C=O) groups excluding carboxylic acids is 1. The number of carbonyl (C=O) groups is 1. The van der Waals surface area contributed by atoms with E-state index in [1.165, 1.54) is 5.56 Å². The van der Waals surface area contributed by atoms with Crippen molar-refractivity contribution in [1.82, 2.24) is 5.16 Å². The summed E-state index contributed by atoms with van der Waals surface area (Å²) in [6.45, 7) is 0. The molecule has 2 aliphatic rings. The van der Waals surface area contributed by atoms with Gasteiger partial charge in [-0.3, -0.25) is 4.79 Å². The molecule has 0 bridgehead atoms. The van der Waals surface area contributed by atoms with Crippen molar-refractivity contribution < 1.29 is 14.1 Å². The second kappa shape index (κ2) is 4.10. The fraction of sp³-hybridized carbons (Fsp3) is 0.333. The van der Waals surface area contributed by atoms with Gasteiger partial charge in [0.2, 0.25) is 0 Å². The largest absolute Gasteiger partial charge is 0.496 e. The number of nitrogens with two attached hydrogens (primary N) is 1. The van der Waals surface area contributed by atoms with E-state index in [2.05, 4.69) is 27.2 Å². The lowest BCUT2D eigenvalue weighted by atomic mass is 9.78. The molecule has 0 unspecified atom stereocenters. The van der Waals surface area contributed by atoms with E-state index >= 15 is 0 Å². The van der Waals surface area contributed by atoms with Gasteiger partial charge < -0.3 is 15.0 Å². The summed E-state index contributed by atoms with van der Waals surface area (Å²) in [6.07, 6.45) is 2.96. The van der Waals surface area contributed by atoms with Crippen LogP contribution in [0.4, 0.5) is 0 Å². The fourth-order valence-electron chi connectivity index (χ4n) is 3.25. The molecule has 0 saturated heterocycles. The molecule has 2 aliphatic carbocycles. The highest BCUT2D eigenvalue weighted by molar-refractivity contribution is 9.10. The lowest BCUT2D eigenvalue weighted by Crippen LogP contribution is -2.21. The number of aromatic nitrogens is 1. The van der Waals surface area contributed by atoms with Crippen LogP contribution in [0.1, 0.15) is 34.5 Å². The monoisotopic (exact) mass is 348 g/mol. The van der Waals surface area contributed by atoms with E-state index in [-0.39, 0.29) is 11.1 Å². The van der Waals surface area contributed by atoms with Crippen molar-refractivity contribution in [3.05, 3.63) is 33.4 Å². The number of primary amides is 1. The van der Waals surface area contributed by atoms with Gasteiger partial charge in [0.05, 0.1) is 11.6 Å². The normalized spacial score (nSPS) is 17.2. The third-order valence-electron chi connectivity index (χ3n) is 4.50. The molecule has 1 aromatic heterocycles. The average molecular weight is 349 g/mol. The molecule has 5 nitrogen and oxygen atoms in total. The molecule has 1 amide bonds. The Kier molecular flexibility index (Phi) is 2.52. The highest BCUT2D eigenvalue weighted by Crippen LogP contribution is 2.58. The van der Waals surface area contributed by atoms with E-state index in [4.69, 9.17) is 15.0 Å². The molecule has 6 heteroatoms. The van der Waals surface area contributed by atoms with Crippen LogP contribution in [0.2, 0.25) is 0 Å². The number of ether oxygens (including phenoxy) is 1. The quantitative estimate of drug-likeness (QED) is 0.904. The predicted octanol–water partition coefficient (Wildman–Crippen LogP) is 2.80. The fourth-order valence-corrected chi connectivity index (χ4v) is 3.75. The molecule has 1 aromatic carbocycles. The number of hydrogen-bond acceptors (Lipinski definition) is 4. The van der Waals surface area contributed by atoms with Crippen molar-refractivity contribution in [2.24, 2.45) is 5.73 Å². The SMILES string of the molecule is COc1cc2c(cc1Br)C1(CC1)Cc1c(C(N)=O)noc1-2. The Balaban J connectivity index is 2.00. The summed E-state index contributed by atoms with van der Waals surface area (Å²) in [6, 6.07) is 4.03. The summed E-state index contributed by atoms with van der Waals surface area (Å²) in [5.74, 6) is 0.833. The van der Waals surface area contributed by atoms with E-state index in [9.17, 15) is 4.79 Å². The molecule has 2 aromatic rings. The Hall–Kier alpha value is -1.82. The zero-order valence-electron chi connectivity index (χ0n) is 11.4. The van der Waals surface area contributed by atoms with Gasteiger partial charge in [0, 0.05) is 16.5 Å². The third kappa shape index (κ3) is 1.68. The summed E-state index contributed by atoms with van der Waals surface area (Å²) >= 11 is 3.54. The summed E-state index contributed by atoms with van der Waals surface area (Å²) in [4.78, 5) is 11.5. The Morgan fingerprint density at radius 1 is 1.48 bits per heavy atom. The zero-order valence-corrected chi connectivity index (χ0v) is 13.0. The van der Waals surface area contributed by atoms with Gasteiger partial charge in [-0.15, -0.1) is 0 Å². The van der Waals surface area contributed by atoms with Crippen molar-refractivity contribution in [3.63, 3.8) is 0 Å². The van der Waals surface area contributed by atoms with Crippen LogP contribution < -0.4 is 10.5 Å². The Morgan fingerprint density at radius 2 is 2.24 bits per heavy atom. The van der Waals surface area contributed by atoms with Crippen molar-refractivity contribution in [1.29, 1.82) is 0 Å². The first-order valence-electron chi connectivity index (χ1n) is 6.72. The molecular weight excluding hydrogens is 336 g/mol. The van der Waals surface area contributed by atoms with Gasteiger partial charge in [-0.25, -0.2) is 0 Å². The maximum Gasteiger partial charge on any atom is 0.271 e. The zero-order chi connectivity index (χ0) is 14.8. The number of benzene rings is 1. The molecule has 0 atom stereocenters. The molecule has 1 heterocycles. The number of nitrogens with zero attached hydrogens (tertiary/aromatic N) is 1. The number of fused-ring (bicyclic) bond motifs is 4. The lowest BCUT2D eigenvalue weighted by Gasteiger charge is -2.25. The van der Waals surface area contributed by atoms with Crippen LogP contribution in [-0.2, 0) is 11.8 Å². The topological polar surface area (TPSA) is 78.4 Å². The number of halogens is 1. The Morgan fingerprint density at radius 3 is 2.86 bits per heavy atom. The number of hydrogen-bond donors (Lipinski definition) is 1. The van der Waals surface area contributed by atoms with Gasteiger partial charge in [-0.1, -0.05) is 5.16 Å². The van der Waals surface area contributed by atoms with Gasteiger partial charge in [0.25, 0.3) is 5.91 Å². The molecule has 2 N–H and O–H groups in total. The molecule has 1 saturated carbocycles. The minimum atomic E-state index is -0.539. The van der Waals surface area contributed by atoms with Gasteiger partial charge in [-0.2, -0.15) is 0 Å². The van der Waals surface area contributed by atoms with E-state index in [1.54, 1.807) is 7.11 Å². The first kappa shape index (κ1) is 12.9. The summed E-state index contributed by atoms with van der Waals surface area (Å²) < 4.78 is 11.7. The van der Waals surface area contributed by atoms with E-state index in [0.717, 1.165) is 40.6 Å². The first-order chi connectivity index (χ1) is 10.1. The van der Waals surface area contributed by atoms with Crippen LogP contribution in [-0.4, -0.2) is 18.2 Å². The lowest BCUT2D eigenvalue weighted by molar-refractivity contribution is 0.0991. The number of amides is 1. The first-order valence-corrected chi connectivity index (χ1v) is 7.52. The van der Waals surface area contributed by atoms with Crippen LogP contribution in [0, 0.1) is 0 Å². The molecule has 0 radical (unpaired) electrons. The van der Waals surface area contributed by atoms with Crippen LogP contribution in [0.5, 0.6) is 5.75 Å². The molecule has 1 spiro atoms. The highest BCUT2D eigenvalue weighted by atomic mass is 79.9. The van der Waals surface area contributed by atoms with E-state index in [0.29, 0.717) is 5.76 Å². The minimum Gasteiger partial charge on any atom is -0.496 e. The third-order valence-corrected chi connectivity index (χ3v) is 5.12. The maximum atomic E-state index is 11.5. The van der Waals surface area contributed by atoms with Crippen LogP contribution in [0.15, 0.2) is 21.1 Å². The molecule has 21 heavy (non-hydrogen) atoms. The van der Waals surface area contributed by atoms with Crippen LogP contribution in [0.25, 0.3) is 11.3 Å². The molecule has 0 aliphatic heterocycles. The van der Waals surface area contributed by atoms with E-state index in [1.807, 2.05) is 6.07 Å². The smallest absolute Gasteiger partial charge is 0.271 e. The maximum absolute atomic E-state index is 11.5. The van der Waals surface area contributed by atoms with Crippen LogP contribution in [0.3, 0.4) is 0 Å². The Labute approximate surface area is 129 Å². The van der Waals surface area contributed by atoms with Crippen molar-refractivity contribution in [2.75, 3.05) is 7.11 Å². The average Bonchev–Trinajstić information content (AvgIpc) is 3.08. The second-order valence-corrected chi connectivity index (χ2v) is 6.55. The summed E-state index contributed by atoms with van der Waals surface area (Å²) in [7, 11) is 1.62. The Bertz CT molecular complexity index is 777. The summed E-state index contributed by atoms with van der Waals surface area (Å²) in [5, 5.41) is 3.87. The van der Waals surface area contributed by atoms with Crippen molar-refractivity contribution in [3.8, 4) is 17.1 Å². The van der Waals surface area contributed by atoms with Gasteiger partial charge in [-0.05, 0) is 52.9 Å². The number of rotatable bonds is 2. The van der Waals surface area contributed by atoms with Crippen LogP contribution >= 0.6 is 15.9 Å². The highest BCUT2D eigenvalue weighted by Gasteiger charge is 2.51. The van der Waals surface area contributed by atoms with Crippen molar-refractivity contribution >= 4 is 21.8 Å². The second-order valence-electron chi connectivity index (χ2n) is 5.69. The molecule has 1 fully saturated rings. The predicted molar refractivity (Wildman–Crippen MR) is 79.3 cm³/mol. The van der Waals surface area contributed by atoms with E-state index < -0.39 is 5.91 Å². The molecular formula is C15H13BrN2O3. The number of methoxy groups -OCH3 is 1. The van der Waals surface area contributed by atoms with Gasteiger partial charge in [0.15, 0.2) is 11.5 Å². The van der Waals surface area contributed by atoms with Gasteiger partial charge in [0.1, 0.15) is 5.75 Å². The van der Waals surface area contributed by atoms with Crippen molar-refractivity contribution in [2.45, 2.75) is 24.7 Å². The summed E-state index contributed by atoms with van der Waals surface area (Å²) in [5.41, 5.74) is 8.76. The van der Waals surface area contributed by atoms with Gasteiger partial charge >= 0.3 is 0 Å². The minimum absolute atomic E-state index is 0.0902. The molecule has 4 rings (SSSR count). The standard InChI is InChI=1S/C15H13BrN2O3/c1-20-11-4-7-9(5-10(11)16)15(2-3-15)6-8-12(14(17)19)18-21-13(7)8/h4-5H,2-3,6H2,1H3,(H2,17,19).